The minimum atomic E-state index is -0.359. The fourth-order valence-electron chi connectivity index (χ4n) is 0.791. The fraction of sp³-hybridized carbons (Fsp3) is 0.375. The maximum atomic E-state index is 10.8. The summed E-state index contributed by atoms with van der Waals surface area (Å²) in [6.45, 7) is 0.164. The SMILES string of the molecule is COC(=O)CCOc1cn[nH]c(=O)c1. The van der Waals surface area contributed by atoms with Crippen LogP contribution in [0.5, 0.6) is 5.75 Å². The normalized spacial score (nSPS) is 9.50. The quantitative estimate of drug-likeness (QED) is 0.672. The van der Waals surface area contributed by atoms with Crippen molar-refractivity contribution in [1.82, 2.24) is 10.2 Å². The van der Waals surface area contributed by atoms with Gasteiger partial charge in [0.05, 0.1) is 26.3 Å². The van der Waals surface area contributed by atoms with E-state index in [0.29, 0.717) is 5.75 Å². The van der Waals surface area contributed by atoms with E-state index in [2.05, 4.69) is 14.9 Å². The standard InChI is InChI=1S/C8H10N2O4/c1-13-8(12)2-3-14-6-4-7(11)10-9-5-6/h4-5H,2-3H2,1H3,(H,10,11). The van der Waals surface area contributed by atoms with E-state index >= 15 is 0 Å². The summed E-state index contributed by atoms with van der Waals surface area (Å²) in [7, 11) is 1.30. The van der Waals surface area contributed by atoms with Crippen molar-refractivity contribution in [2.75, 3.05) is 13.7 Å². The molecule has 1 aromatic heterocycles. The summed E-state index contributed by atoms with van der Waals surface area (Å²) in [5.41, 5.74) is -0.347. The van der Waals surface area contributed by atoms with Crippen LogP contribution in [0.25, 0.3) is 0 Å². The van der Waals surface area contributed by atoms with Crippen molar-refractivity contribution in [2.24, 2.45) is 0 Å². The lowest BCUT2D eigenvalue weighted by molar-refractivity contribution is -0.141. The van der Waals surface area contributed by atoms with Crippen LogP contribution in [0, 0.1) is 0 Å². The number of esters is 1. The fourth-order valence-corrected chi connectivity index (χ4v) is 0.791. The van der Waals surface area contributed by atoms with Gasteiger partial charge in [0.2, 0.25) is 0 Å². The van der Waals surface area contributed by atoms with Gasteiger partial charge in [0.15, 0.2) is 0 Å². The van der Waals surface area contributed by atoms with E-state index < -0.39 is 0 Å². The Hall–Kier alpha value is -1.85. The Kier molecular flexibility index (Phi) is 3.66. The molecule has 0 radical (unpaired) electrons. The lowest BCUT2D eigenvalue weighted by Crippen LogP contribution is -2.10. The first-order chi connectivity index (χ1) is 6.72. The highest BCUT2D eigenvalue weighted by atomic mass is 16.5. The number of hydrogen-bond donors (Lipinski definition) is 1. The monoisotopic (exact) mass is 198 g/mol. The summed E-state index contributed by atoms with van der Waals surface area (Å²) in [5, 5.41) is 5.73. The number of hydrogen-bond acceptors (Lipinski definition) is 5. The Morgan fingerprint density at radius 3 is 3.07 bits per heavy atom. The zero-order valence-corrected chi connectivity index (χ0v) is 7.65. The minimum Gasteiger partial charge on any atom is -0.491 e. The number of rotatable bonds is 4. The summed E-state index contributed by atoms with van der Waals surface area (Å²) in [5.74, 6) is -0.0274. The molecule has 0 atom stereocenters. The third kappa shape index (κ3) is 3.26. The van der Waals surface area contributed by atoms with E-state index in [1.165, 1.54) is 19.4 Å². The van der Waals surface area contributed by atoms with Crippen molar-refractivity contribution < 1.29 is 14.3 Å². The van der Waals surface area contributed by atoms with Crippen LogP contribution in [-0.2, 0) is 9.53 Å². The molecule has 1 rings (SSSR count). The highest BCUT2D eigenvalue weighted by Gasteiger charge is 2.00. The minimum absolute atomic E-state index is 0.142. The Morgan fingerprint density at radius 2 is 2.43 bits per heavy atom. The maximum absolute atomic E-state index is 10.8. The van der Waals surface area contributed by atoms with Gasteiger partial charge in [-0.25, -0.2) is 5.10 Å². The molecular formula is C8H10N2O4. The Bertz CT molecular complexity index is 360. The summed E-state index contributed by atoms with van der Waals surface area (Å²) in [6.07, 6.45) is 1.50. The smallest absolute Gasteiger partial charge is 0.308 e. The Labute approximate surface area is 79.8 Å². The van der Waals surface area contributed by atoms with E-state index in [4.69, 9.17) is 4.74 Å². The number of nitrogens with zero attached hydrogens (tertiary/aromatic N) is 1. The first-order valence-electron chi connectivity index (χ1n) is 3.96. The summed E-state index contributed by atoms with van der Waals surface area (Å²) >= 11 is 0. The second-order valence-electron chi connectivity index (χ2n) is 2.46. The largest absolute Gasteiger partial charge is 0.491 e. The van der Waals surface area contributed by atoms with Gasteiger partial charge in [0.1, 0.15) is 5.75 Å². The molecule has 0 aliphatic rings. The van der Waals surface area contributed by atoms with Gasteiger partial charge in [-0.3, -0.25) is 9.59 Å². The molecule has 0 aliphatic heterocycles. The molecule has 0 saturated carbocycles. The molecule has 0 aliphatic carbocycles. The van der Waals surface area contributed by atoms with Crippen LogP contribution in [0.15, 0.2) is 17.1 Å². The highest BCUT2D eigenvalue weighted by molar-refractivity contribution is 5.69. The first kappa shape index (κ1) is 10.2. The van der Waals surface area contributed by atoms with Crippen LogP contribution in [0.3, 0.4) is 0 Å². The van der Waals surface area contributed by atoms with Crippen molar-refractivity contribution in [2.45, 2.75) is 6.42 Å². The van der Waals surface area contributed by atoms with Gasteiger partial charge in [0.25, 0.3) is 5.56 Å². The molecule has 0 aromatic carbocycles. The third-order valence-electron chi connectivity index (χ3n) is 1.44. The van der Waals surface area contributed by atoms with E-state index in [-0.39, 0.29) is 24.6 Å². The third-order valence-corrected chi connectivity index (χ3v) is 1.44. The average molecular weight is 198 g/mol. The predicted molar refractivity (Wildman–Crippen MR) is 47.0 cm³/mol. The van der Waals surface area contributed by atoms with Crippen molar-refractivity contribution in [3.63, 3.8) is 0 Å². The second kappa shape index (κ2) is 5.00. The summed E-state index contributed by atoms with van der Waals surface area (Å²) in [4.78, 5) is 21.4. The molecule has 0 amide bonds. The van der Waals surface area contributed by atoms with Gasteiger partial charge in [-0.2, -0.15) is 5.10 Å². The molecule has 1 heterocycles. The van der Waals surface area contributed by atoms with E-state index in [0.717, 1.165) is 0 Å². The number of aromatic nitrogens is 2. The van der Waals surface area contributed by atoms with E-state index in [1.54, 1.807) is 0 Å². The van der Waals surface area contributed by atoms with Gasteiger partial charge in [-0.1, -0.05) is 0 Å². The van der Waals surface area contributed by atoms with Crippen molar-refractivity contribution in [3.05, 3.63) is 22.6 Å². The van der Waals surface area contributed by atoms with Gasteiger partial charge in [0, 0.05) is 6.07 Å². The zero-order valence-electron chi connectivity index (χ0n) is 7.65. The lowest BCUT2D eigenvalue weighted by atomic mass is 10.4. The van der Waals surface area contributed by atoms with Crippen LogP contribution < -0.4 is 10.3 Å². The molecule has 76 valence electrons. The zero-order chi connectivity index (χ0) is 10.4. The number of methoxy groups -OCH3 is 1. The molecule has 0 fully saturated rings. The van der Waals surface area contributed by atoms with E-state index in [9.17, 15) is 9.59 Å². The topological polar surface area (TPSA) is 81.3 Å². The van der Waals surface area contributed by atoms with Crippen molar-refractivity contribution in [3.8, 4) is 5.75 Å². The van der Waals surface area contributed by atoms with Crippen LogP contribution in [-0.4, -0.2) is 29.9 Å². The summed E-state index contributed by atoms with van der Waals surface area (Å²) < 4.78 is 9.49. The summed E-state index contributed by atoms with van der Waals surface area (Å²) in [6, 6.07) is 1.25. The molecular weight excluding hydrogens is 188 g/mol. The number of H-pyrrole nitrogens is 1. The molecule has 0 bridgehead atoms. The number of ether oxygens (including phenoxy) is 2. The number of carbonyl (C=O) groups is 1. The molecule has 1 N–H and O–H groups in total. The molecule has 0 saturated heterocycles. The first-order valence-corrected chi connectivity index (χ1v) is 3.96. The van der Waals surface area contributed by atoms with Gasteiger partial charge in [-0.15, -0.1) is 0 Å². The predicted octanol–water partition coefficient (Wildman–Crippen LogP) is -0.288. The maximum Gasteiger partial charge on any atom is 0.308 e. The highest BCUT2D eigenvalue weighted by Crippen LogP contribution is 2.02. The average Bonchev–Trinajstić information content (AvgIpc) is 2.17. The van der Waals surface area contributed by atoms with Crippen molar-refractivity contribution in [1.29, 1.82) is 0 Å². The number of nitrogens with one attached hydrogen (secondary N) is 1. The van der Waals surface area contributed by atoms with Crippen LogP contribution in [0.1, 0.15) is 6.42 Å². The molecule has 1 aromatic rings. The van der Waals surface area contributed by atoms with Crippen LogP contribution in [0.4, 0.5) is 0 Å². The molecule has 0 unspecified atom stereocenters. The molecule has 6 nitrogen and oxygen atoms in total. The lowest BCUT2D eigenvalue weighted by Gasteiger charge is -2.03. The number of carbonyl (C=O) groups excluding carboxylic acids is 1. The van der Waals surface area contributed by atoms with Gasteiger partial charge in [-0.05, 0) is 0 Å². The van der Waals surface area contributed by atoms with Crippen molar-refractivity contribution >= 4 is 5.97 Å². The second-order valence-corrected chi connectivity index (χ2v) is 2.46. The Balaban J connectivity index is 2.39. The molecule has 6 heteroatoms. The van der Waals surface area contributed by atoms with Crippen LogP contribution >= 0.6 is 0 Å². The van der Waals surface area contributed by atoms with Gasteiger partial charge < -0.3 is 9.47 Å². The number of aromatic amines is 1. The molecule has 0 spiro atoms. The van der Waals surface area contributed by atoms with E-state index in [1.807, 2.05) is 0 Å². The van der Waals surface area contributed by atoms with Crippen LogP contribution in [0.2, 0.25) is 0 Å². The Morgan fingerprint density at radius 1 is 1.64 bits per heavy atom. The van der Waals surface area contributed by atoms with Gasteiger partial charge >= 0.3 is 5.97 Å². The molecule has 14 heavy (non-hydrogen) atoms.